The maximum atomic E-state index is 4.33. The van der Waals surface area contributed by atoms with Gasteiger partial charge in [-0.15, -0.1) is 0 Å². The Labute approximate surface area is 118 Å². The molecule has 1 aliphatic carbocycles. The van der Waals surface area contributed by atoms with Crippen LogP contribution in [0.1, 0.15) is 40.0 Å². The molecule has 19 heavy (non-hydrogen) atoms. The second kappa shape index (κ2) is 6.27. The number of nitrogens with one attached hydrogen (secondary N) is 1. The molecule has 1 nitrogen and oxygen atoms in total. The molecule has 1 N–H and O–H groups in total. The Hall–Kier alpha value is -1.24. The normalized spacial score (nSPS) is 27.3. The molecule has 0 aliphatic heterocycles. The molecule has 0 spiro atoms. The maximum Gasteiger partial charge on any atom is 0.0381 e. The lowest BCUT2D eigenvalue weighted by Crippen LogP contribution is -2.30. The van der Waals surface area contributed by atoms with Gasteiger partial charge >= 0.3 is 0 Å². The summed E-state index contributed by atoms with van der Waals surface area (Å²) >= 11 is 0. The lowest BCUT2D eigenvalue weighted by molar-refractivity contribution is 0.171. The van der Waals surface area contributed by atoms with Crippen LogP contribution in [-0.4, -0.2) is 0 Å². The first-order valence-corrected chi connectivity index (χ1v) is 7.58. The molecule has 104 valence electrons. The van der Waals surface area contributed by atoms with Crippen molar-refractivity contribution in [3.8, 4) is 0 Å². The van der Waals surface area contributed by atoms with E-state index in [0.717, 1.165) is 23.4 Å². The number of hydrogen-bond donors (Lipinski definition) is 1. The Balaban J connectivity index is 2.06. The van der Waals surface area contributed by atoms with Gasteiger partial charge in [-0.25, -0.2) is 0 Å². The molecular weight excluding hydrogens is 230 g/mol. The van der Waals surface area contributed by atoms with E-state index in [-0.39, 0.29) is 0 Å². The number of rotatable bonds is 4. The predicted octanol–water partition coefficient (Wildman–Crippen LogP) is 5.32. The highest BCUT2D eigenvalue weighted by atomic mass is 14.9. The van der Waals surface area contributed by atoms with Crippen molar-refractivity contribution < 1.29 is 0 Å². The quantitative estimate of drug-likeness (QED) is 0.769. The summed E-state index contributed by atoms with van der Waals surface area (Å²) in [6, 6.07) is 10.4. The van der Waals surface area contributed by atoms with Crippen molar-refractivity contribution in [3.63, 3.8) is 0 Å². The Kier molecular flexibility index (Phi) is 4.68. The van der Waals surface area contributed by atoms with Crippen LogP contribution in [0.5, 0.6) is 0 Å². The zero-order valence-corrected chi connectivity index (χ0v) is 12.5. The van der Waals surface area contributed by atoms with Crippen molar-refractivity contribution in [1.82, 2.24) is 0 Å². The molecule has 2 rings (SSSR count). The number of benzene rings is 1. The number of para-hydroxylation sites is 1. The smallest absolute Gasteiger partial charge is 0.0381 e. The van der Waals surface area contributed by atoms with Gasteiger partial charge in [-0.1, -0.05) is 52.0 Å². The van der Waals surface area contributed by atoms with Crippen molar-refractivity contribution in [2.24, 2.45) is 23.7 Å². The van der Waals surface area contributed by atoms with Crippen LogP contribution in [0.2, 0.25) is 0 Å². The van der Waals surface area contributed by atoms with E-state index in [9.17, 15) is 0 Å². The van der Waals surface area contributed by atoms with Crippen LogP contribution in [0.15, 0.2) is 42.6 Å². The van der Waals surface area contributed by atoms with Gasteiger partial charge in [-0.2, -0.15) is 0 Å². The van der Waals surface area contributed by atoms with Gasteiger partial charge in [-0.05, 0) is 42.7 Å². The first-order valence-electron chi connectivity index (χ1n) is 7.58. The minimum absolute atomic E-state index is 0.615. The first-order chi connectivity index (χ1) is 9.08. The number of anilines is 1. The van der Waals surface area contributed by atoms with E-state index in [2.05, 4.69) is 56.9 Å². The molecule has 1 aliphatic rings. The van der Waals surface area contributed by atoms with Crippen LogP contribution in [0.3, 0.4) is 0 Å². The van der Waals surface area contributed by atoms with Gasteiger partial charge in [-0.3, -0.25) is 0 Å². The Morgan fingerprint density at radius 3 is 2.53 bits per heavy atom. The molecular formula is C18H27N. The monoisotopic (exact) mass is 257 g/mol. The minimum Gasteiger partial charge on any atom is -0.359 e. The van der Waals surface area contributed by atoms with Crippen molar-refractivity contribution in [2.75, 3.05) is 5.32 Å². The fraction of sp³-hybridized carbons (Fsp3) is 0.556. The van der Waals surface area contributed by atoms with E-state index in [1.165, 1.54) is 25.0 Å². The standard InChI is InChI=1S/C18H27N/c1-13(2)17-11-10-14(3)12-18(17)15(4)19-16-8-6-5-7-9-16/h5-9,13-14,17-19H,4,10-12H2,1-3H3/t14-,17+,18+/m1/s1. The fourth-order valence-corrected chi connectivity index (χ4v) is 3.40. The summed E-state index contributed by atoms with van der Waals surface area (Å²) in [6.45, 7) is 11.4. The zero-order valence-electron chi connectivity index (χ0n) is 12.5. The van der Waals surface area contributed by atoms with Crippen LogP contribution < -0.4 is 5.32 Å². The molecule has 0 saturated heterocycles. The molecule has 0 unspecified atom stereocenters. The molecule has 0 aromatic heterocycles. The summed E-state index contributed by atoms with van der Waals surface area (Å²) in [6.07, 6.45) is 4.00. The summed E-state index contributed by atoms with van der Waals surface area (Å²) in [5.41, 5.74) is 2.37. The van der Waals surface area contributed by atoms with Crippen LogP contribution in [-0.2, 0) is 0 Å². The molecule has 1 heteroatoms. The summed E-state index contributed by atoms with van der Waals surface area (Å²) in [4.78, 5) is 0. The Bertz CT molecular complexity index is 407. The maximum absolute atomic E-state index is 4.33. The molecule has 3 atom stereocenters. The molecule has 1 aromatic carbocycles. The van der Waals surface area contributed by atoms with Crippen LogP contribution >= 0.6 is 0 Å². The van der Waals surface area contributed by atoms with Gasteiger partial charge in [0.1, 0.15) is 0 Å². The first kappa shape index (κ1) is 14.2. The second-order valence-corrected chi connectivity index (χ2v) is 6.45. The Morgan fingerprint density at radius 1 is 1.21 bits per heavy atom. The highest BCUT2D eigenvalue weighted by Crippen LogP contribution is 2.41. The molecule has 0 amide bonds. The van der Waals surface area contributed by atoms with Crippen LogP contribution in [0, 0.1) is 23.7 Å². The Morgan fingerprint density at radius 2 is 1.89 bits per heavy atom. The topological polar surface area (TPSA) is 12.0 Å². The van der Waals surface area contributed by atoms with E-state index in [4.69, 9.17) is 0 Å². The predicted molar refractivity (Wildman–Crippen MR) is 84.0 cm³/mol. The molecule has 1 saturated carbocycles. The summed E-state index contributed by atoms with van der Waals surface area (Å²) < 4.78 is 0. The van der Waals surface area contributed by atoms with Crippen molar-refractivity contribution in [1.29, 1.82) is 0 Å². The minimum atomic E-state index is 0.615. The van der Waals surface area contributed by atoms with Gasteiger partial charge in [0, 0.05) is 17.3 Å². The fourth-order valence-electron chi connectivity index (χ4n) is 3.40. The third kappa shape index (κ3) is 3.62. The van der Waals surface area contributed by atoms with E-state index in [1.807, 2.05) is 6.07 Å². The highest BCUT2D eigenvalue weighted by Gasteiger charge is 2.32. The molecule has 0 radical (unpaired) electrons. The molecule has 1 fully saturated rings. The molecule has 1 aromatic rings. The molecule has 0 bridgehead atoms. The third-order valence-corrected chi connectivity index (χ3v) is 4.55. The van der Waals surface area contributed by atoms with Crippen LogP contribution in [0.4, 0.5) is 5.69 Å². The second-order valence-electron chi connectivity index (χ2n) is 6.45. The van der Waals surface area contributed by atoms with E-state index < -0.39 is 0 Å². The summed E-state index contributed by atoms with van der Waals surface area (Å²) in [5.74, 6) is 2.96. The average molecular weight is 257 g/mol. The van der Waals surface area contributed by atoms with Crippen molar-refractivity contribution in [3.05, 3.63) is 42.6 Å². The SMILES string of the molecule is C=C(Nc1ccccc1)[C@@H]1C[C@H](C)CC[C@H]1C(C)C. The molecule has 0 heterocycles. The average Bonchev–Trinajstić information content (AvgIpc) is 2.39. The van der Waals surface area contributed by atoms with Gasteiger partial charge in [0.2, 0.25) is 0 Å². The van der Waals surface area contributed by atoms with Gasteiger partial charge in [0.05, 0.1) is 0 Å². The van der Waals surface area contributed by atoms with E-state index in [0.29, 0.717) is 5.92 Å². The van der Waals surface area contributed by atoms with E-state index in [1.54, 1.807) is 0 Å². The number of hydrogen-bond acceptors (Lipinski definition) is 1. The van der Waals surface area contributed by atoms with Gasteiger partial charge in [0.15, 0.2) is 0 Å². The lowest BCUT2D eigenvalue weighted by Gasteiger charge is -2.38. The largest absolute Gasteiger partial charge is 0.359 e. The summed E-state index contributed by atoms with van der Waals surface area (Å²) in [5, 5.41) is 3.52. The van der Waals surface area contributed by atoms with Crippen LogP contribution in [0.25, 0.3) is 0 Å². The summed E-state index contributed by atoms with van der Waals surface area (Å²) in [7, 11) is 0. The zero-order chi connectivity index (χ0) is 13.8. The van der Waals surface area contributed by atoms with Crippen molar-refractivity contribution in [2.45, 2.75) is 40.0 Å². The third-order valence-electron chi connectivity index (χ3n) is 4.55. The van der Waals surface area contributed by atoms with Gasteiger partial charge in [0.25, 0.3) is 0 Å². The van der Waals surface area contributed by atoms with E-state index >= 15 is 0 Å². The lowest BCUT2D eigenvalue weighted by atomic mass is 9.69. The number of allylic oxidation sites excluding steroid dienone is 1. The van der Waals surface area contributed by atoms with Crippen molar-refractivity contribution >= 4 is 5.69 Å². The highest BCUT2D eigenvalue weighted by molar-refractivity contribution is 5.47. The van der Waals surface area contributed by atoms with Gasteiger partial charge < -0.3 is 5.32 Å².